The molecule has 2 fully saturated rings. The molecule has 0 aliphatic carbocycles. The molecule has 14 nitrogen and oxygen atoms in total. The van der Waals surface area contributed by atoms with Crippen LogP contribution in [0.5, 0.6) is 0 Å². The molecule has 11 unspecified atom stereocenters. The Morgan fingerprint density at radius 2 is 0.819 bits per heavy atom. The van der Waals surface area contributed by atoms with Crippen LogP contribution in [0.25, 0.3) is 0 Å². The van der Waals surface area contributed by atoms with Crippen molar-refractivity contribution in [3.05, 3.63) is 24.3 Å². The molecule has 0 radical (unpaired) electrons. The minimum Gasteiger partial charge on any atom is -0.457 e. The molecule has 14 heteroatoms. The fourth-order valence-corrected chi connectivity index (χ4v) is 9.39. The smallest absolute Gasteiger partial charge is 0.306 e. The van der Waals surface area contributed by atoms with Crippen LogP contribution in [-0.4, -0.2) is 142 Å². The molecule has 0 spiro atoms. The number of rotatable bonds is 48. The van der Waals surface area contributed by atoms with Crippen LogP contribution in [0.4, 0.5) is 0 Å². The first-order valence-electron chi connectivity index (χ1n) is 29.4. The highest BCUT2D eigenvalue weighted by atomic mass is 16.7. The van der Waals surface area contributed by atoms with Gasteiger partial charge in [0.05, 0.1) is 26.4 Å². The second-order valence-corrected chi connectivity index (χ2v) is 20.8. The van der Waals surface area contributed by atoms with Gasteiger partial charge in [-0.15, -0.1) is 0 Å². The van der Waals surface area contributed by atoms with E-state index in [9.17, 15) is 40.5 Å². The Morgan fingerprint density at radius 1 is 0.444 bits per heavy atom. The van der Waals surface area contributed by atoms with E-state index in [4.69, 9.17) is 28.4 Å². The minimum absolute atomic E-state index is 0.0619. The van der Waals surface area contributed by atoms with Crippen LogP contribution in [0.3, 0.4) is 0 Å². The normalized spacial score (nSPS) is 25.2. The second kappa shape index (κ2) is 45.6. The molecule has 424 valence electrons. The lowest BCUT2D eigenvalue weighted by molar-refractivity contribution is -0.332. The van der Waals surface area contributed by atoms with Crippen molar-refractivity contribution in [2.45, 2.75) is 306 Å². The summed E-state index contributed by atoms with van der Waals surface area (Å²) in [5.41, 5.74) is 0. The number of hydrogen-bond donors (Lipinski definition) is 7. The number of allylic oxidation sites excluding steroid dienone is 4. The van der Waals surface area contributed by atoms with E-state index in [1.165, 1.54) is 173 Å². The summed E-state index contributed by atoms with van der Waals surface area (Å²) in [4.78, 5) is 13.1. The van der Waals surface area contributed by atoms with E-state index in [2.05, 4.69) is 38.2 Å². The molecular weight excluding hydrogens is 921 g/mol. The number of unbranched alkanes of at least 4 members (excludes halogenated alkanes) is 30. The molecule has 0 aromatic heterocycles. The first kappa shape index (κ1) is 66.6. The molecule has 2 saturated heterocycles. The maximum atomic E-state index is 13.1. The van der Waals surface area contributed by atoms with Crippen LogP contribution in [0.15, 0.2) is 24.3 Å². The van der Waals surface area contributed by atoms with E-state index < -0.39 is 80.7 Å². The van der Waals surface area contributed by atoms with Gasteiger partial charge in [-0.1, -0.05) is 192 Å². The lowest BCUT2D eigenvalue weighted by atomic mass is 9.98. The zero-order valence-electron chi connectivity index (χ0n) is 45.4. The van der Waals surface area contributed by atoms with Crippen LogP contribution in [-0.2, 0) is 33.2 Å². The van der Waals surface area contributed by atoms with Crippen molar-refractivity contribution in [2.24, 2.45) is 0 Å². The number of esters is 1. The number of hydrogen-bond acceptors (Lipinski definition) is 14. The van der Waals surface area contributed by atoms with Crippen LogP contribution >= 0.6 is 0 Å². The van der Waals surface area contributed by atoms with E-state index in [0.29, 0.717) is 13.0 Å². The predicted octanol–water partition coefficient (Wildman–Crippen LogP) is 10.4. The summed E-state index contributed by atoms with van der Waals surface area (Å²) < 4.78 is 34.4. The van der Waals surface area contributed by atoms with Crippen molar-refractivity contribution < 1.29 is 69.0 Å². The molecule has 72 heavy (non-hydrogen) atoms. The topological polar surface area (TPSA) is 214 Å². The summed E-state index contributed by atoms with van der Waals surface area (Å²) in [7, 11) is 0. The molecular formula is C58H108O14. The number of carbonyl (C=O) groups is 1. The van der Waals surface area contributed by atoms with Gasteiger partial charge in [-0.3, -0.25) is 4.79 Å². The fourth-order valence-electron chi connectivity index (χ4n) is 9.39. The standard InChI is InChI=1S/C58H108O14/c1-3-5-7-9-11-13-15-17-19-21-23-25-27-29-31-33-35-37-39-41-50(60)70-47(44-67-42-40-38-36-34-32-30-28-26-24-22-20-18-16-14-12-10-8-6-4-2)45-68-57-56(66)54(64)52(62)49(72-57)46-69-58-55(65)53(63)51(61)48(43-59)71-58/h17,19-20,22,47-49,51-59,61-66H,3-16,18,21,23-46H2,1-2H3/b19-17-,22-20-. The summed E-state index contributed by atoms with van der Waals surface area (Å²) in [5.74, 6) is -0.376. The van der Waals surface area contributed by atoms with E-state index in [0.717, 1.165) is 38.5 Å². The van der Waals surface area contributed by atoms with Gasteiger partial charge in [-0.2, -0.15) is 0 Å². The van der Waals surface area contributed by atoms with Gasteiger partial charge in [0.1, 0.15) is 54.9 Å². The molecule has 0 amide bonds. The molecule has 0 aromatic rings. The summed E-state index contributed by atoms with van der Waals surface area (Å²) in [6.45, 7) is 3.71. The Hall–Kier alpha value is -1.53. The molecule has 0 bridgehead atoms. The third kappa shape index (κ3) is 32.1. The molecule has 2 aliphatic heterocycles. The zero-order chi connectivity index (χ0) is 52.3. The largest absolute Gasteiger partial charge is 0.457 e. The molecule has 2 heterocycles. The summed E-state index contributed by atoms with van der Waals surface area (Å²) in [6, 6.07) is 0. The Labute approximate surface area is 437 Å². The van der Waals surface area contributed by atoms with Crippen molar-refractivity contribution in [2.75, 3.05) is 33.0 Å². The molecule has 0 aromatic carbocycles. The minimum atomic E-state index is -1.71. The average Bonchev–Trinajstić information content (AvgIpc) is 3.38. The van der Waals surface area contributed by atoms with Gasteiger partial charge in [0.15, 0.2) is 12.6 Å². The SMILES string of the molecule is CCCCCCCC/C=C\CCCCCCCCCCCC(=O)OC(COCCCCCCCCCC/C=C\CCCCCCCCC)COC1OC(COC2OC(CO)C(O)C(O)C2O)C(O)C(O)C1O. The number of ether oxygens (including phenoxy) is 6. The van der Waals surface area contributed by atoms with Gasteiger partial charge < -0.3 is 64.2 Å². The highest BCUT2D eigenvalue weighted by molar-refractivity contribution is 5.69. The first-order chi connectivity index (χ1) is 35.1. The quantitative estimate of drug-likeness (QED) is 0.0172. The van der Waals surface area contributed by atoms with Crippen molar-refractivity contribution in [3.8, 4) is 0 Å². The van der Waals surface area contributed by atoms with Crippen molar-refractivity contribution >= 4 is 5.97 Å². The van der Waals surface area contributed by atoms with Crippen molar-refractivity contribution in [1.29, 1.82) is 0 Å². The summed E-state index contributed by atoms with van der Waals surface area (Å²) in [5, 5.41) is 72.3. The van der Waals surface area contributed by atoms with Gasteiger partial charge in [-0.05, 0) is 64.2 Å². The Balaban J connectivity index is 1.72. The van der Waals surface area contributed by atoms with Crippen molar-refractivity contribution in [3.63, 3.8) is 0 Å². The third-order valence-electron chi connectivity index (χ3n) is 14.2. The lowest BCUT2D eigenvalue weighted by Crippen LogP contribution is -2.61. The Morgan fingerprint density at radius 3 is 1.26 bits per heavy atom. The predicted molar refractivity (Wildman–Crippen MR) is 284 cm³/mol. The highest BCUT2D eigenvalue weighted by Gasteiger charge is 2.47. The maximum Gasteiger partial charge on any atom is 0.306 e. The monoisotopic (exact) mass is 1030 g/mol. The van der Waals surface area contributed by atoms with E-state index in [1.807, 2.05) is 0 Å². The van der Waals surface area contributed by atoms with Crippen molar-refractivity contribution in [1.82, 2.24) is 0 Å². The lowest BCUT2D eigenvalue weighted by Gasteiger charge is -2.42. The van der Waals surface area contributed by atoms with Gasteiger partial charge >= 0.3 is 5.97 Å². The van der Waals surface area contributed by atoms with E-state index in [-0.39, 0.29) is 25.6 Å². The van der Waals surface area contributed by atoms with Gasteiger partial charge in [-0.25, -0.2) is 0 Å². The molecule has 11 atom stereocenters. The van der Waals surface area contributed by atoms with Gasteiger partial charge in [0.25, 0.3) is 0 Å². The van der Waals surface area contributed by atoms with Crippen LogP contribution in [0, 0.1) is 0 Å². The van der Waals surface area contributed by atoms with Crippen LogP contribution < -0.4 is 0 Å². The third-order valence-corrected chi connectivity index (χ3v) is 14.2. The van der Waals surface area contributed by atoms with E-state index in [1.54, 1.807) is 0 Å². The molecule has 7 N–H and O–H groups in total. The van der Waals surface area contributed by atoms with Gasteiger partial charge in [0, 0.05) is 13.0 Å². The molecule has 0 saturated carbocycles. The second-order valence-electron chi connectivity index (χ2n) is 20.8. The Bertz CT molecular complexity index is 1290. The number of aliphatic hydroxyl groups is 7. The zero-order valence-corrected chi connectivity index (χ0v) is 45.4. The fraction of sp³-hybridized carbons (Fsp3) is 0.914. The molecule has 2 rings (SSSR count). The number of carbonyl (C=O) groups excluding carboxylic acids is 1. The van der Waals surface area contributed by atoms with Crippen LogP contribution in [0.1, 0.15) is 239 Å². The summed E-state index contributed by atoms with van der Waals surface area (Å²) >= 11 is 0. The maximum absolute atomic E-state index is 13.1. The highest BCUT2D eigenvalue weighted by Crippen LogP contribution is 2.27. The van der Waals surface area contributed by atoms with Gasteiger partial charge in [0.2, 0.25) is 0 Å². The first-order valence-corrected chi connectivity index (χ1v) is 29.4. The van der Waals surface area contributed by atoms with E-state index >= 15 is 0 Å². The Kier molecular flexibility index (Phi) is 42.2. The average molecular weight is 1030 g/mol. The van der Waals surface area contributed by atoms with Crippen LogP contribution in [0.2, 0.25) is 0 Å². The summed E-state index contributed by atoms with van der Waals surface area (Å²) in [6.07, 6.45) is 35.2. The molecule has 2 aliphatic rings. The number of aliphatic hydroxyl groups excluding tert-OH is 7.